The summed E-state index contributed by atoms with van der Waals surface area (Å²) in [5, 5.41) is 0. The first-order valence-corrected chi connectivity index (χ1v) is 8.16. The quantitative estimate of drug-likeness (QED) is 0.444. The van der Waals surface area contributed by atoms with Crippen LogP contribution < -0.4 is 0 Å². The van der Waals surface area contributed by atoms with Gasteiger partial charge in [-0.2, -0.15) is 0 Å². The van der Waals surface area contributed by atoms with Gasteiger partial charge >= 0.3 is 11.9 Å². The summed E-state index contributed by atoms with van der Waals surface area (Å²) in [4.78, 5) is 35.4. The number of carbonyl (C=O) groups excluding carboxylic acids is 3. The zero-order chi connectivity index (χ0) is 15.9. The third kappa shape index (κ3) is 4.68. The Morgan fingerprint density at radius 3 is 2.41 bits per heavy atom. The summed E-state index contributed by atoms with van der Waals surface area (Å²) < 4.78 is 10.4. The van der Waals surface area contributed by atoms with Crippen molar-refractivity contribution in [2.24, 2.45) is 5.92 Å². The van der Waals surface area contributed by atoms with Gasteiger partial charge in [-0.3, -0.25) is 9.59 Å². The Morgan fingerprint density at radius 1 is 1.05 bits per heavy atom. The third-order valence-electron chi connectivity index (χ3n) is 4.34. The highest BCUT2D eigenvalue weighted by Crippen LogP contribution is 2.23. The Bertz CT molecular complexity index is 448. The first-order chi connectivity index (χ1) is 10.6. The Balaban J connectivity index is 1.72. The molecule has 2 aliphatic carbocycles. The van der Waals surface area contributed by atoms with Gasteiger partial charge in [0.2, 0.25) is 0 Å². The zero-order valence-corrected chi connectivity index (χ0v) is 13.0. The molecule has 2 rings (SSSR count). The average Bonchev–Trinajstić information content (AvgIpc) is 2.53. The molecule has 0 aromatic rings. The lowest BCUT2D eigenvalue weighted by atomic mass is 9.88. The number of ether oxygens (including phenoxy) is 2. The van der Waals surface area contributed by atoms with Gasteiger partial charge in [0, 0.05) is 6.42 Å². The van der Waals surface area contributed by atoms with Crippen LogP contribution in [0, 0.1) is 5.92 Å². The SMILES string of the molecule is C=C(COC(=O)C1CCCCC1=O)C(=O)OC1CCCCC1. The van der Waals surface area contributed by atoms with E-state index in [9.17, 15) is 14.4 Å². The Kier molecular flexibility index (Phi) is 6.16. The van der Waals surface area contributed by atoms with Gasteiger partial charge in [-0.25, -0.2) is 4.79 Å². The van der Waals surface area contributed by atoms with Crippen LogP contribution in [-0.2, 0) is 23.9 Å². The summed E-state index contributed by atoms with van der Waals surface area (Å²) in [5.74, 6) is -1.78. The van der Waals surface area contributed by atoms with Gasteiger partial charge in [0.15, 0.2) is 0 Å². The Hall–Kier alpha value is -1.65. The normalized spacial score (nSPS) is 22.9. The van der Waals surface area contributed by atoms with Crippen LogP contribution in [0.3, 0.4) is 0 Å². The van der Waals surface area contributed by atoms with Crippen molar-refractivity contribution in [1.82, 2.24) is 0 Å². The molecule has 2 aliphatic rings. The minimum absolute atomic E-state index is 0.0476. The number of rotatable bonds is 5. The van der Waals surface area contributed by atoms with Crippen LogP contribution in [-0.4, -0.2) is 30.4 Å². The molecule has 1 unspecified atom stereocenters. The molecule has 5 heteroatoms. The molecule has 5 nitrogen and oxygen atoms in total. The fraction of sp³-hybridized carbons (Fsp3) is 0.706. The highest BCUT2D eigenvalue weighted by Gasteiger charge is 2.30. The predicted molar refractivity (Wildman–Crippen MR) is 80.0 cm³/mol. The van der Waals surface area contributed by atoms with Crippen LogP contribution in [0.15, 0.2) is 12.2 Å². The van der Waals surface area contributed by atoms with Gasteiger partial charge < -0.3 is 9.47 Å². The average molecular weight is 308 g/mol. The number of carbonyl (C=O) groups is 3. The lowest BCUT2D eigenvalue weighted by molar-refractivity contribution is -0.153. The summed E-state index contributed by atoms with van der Waals surface area (Å²) in [6.45, 7) is 3.42. The van der Waals surface area contributed by atoms with Crippen molar-refractivity contribution in [2.45, 2.75) is 63.9 Å². The van der Waals surface area contributed by atoms with E-state index in [1.54, 1.807) is 0 Å². The molecule has 0 amide bonds. The second-order valence-corrected chi connectivity index (χ2v) is 6.14. The molecule has 0 bridgehead atoms. The molecule has 0 saturated heterocycles. The molecule has 0 aromatic carbocycles. The van der Waals surface area contributed by atoms with Crippen LogP contribution in [0.4, 0.5) is 0 Å². The summed E-state index contributed by atoms with van der Waals surface area (Å²) in [5.41, 5.74) is 0.127. The van der Waals surface area contributed by atoms with E-state index in [0.717, 1.165) is 38.5 Å². The number of hydrogen-bond acceptors (Lipinski definition) is 5. The van der Waals surface area contributed by atoms with E-state index in [0.29, 0.717) is 12.8 Å². The van der Waals surface area contributed by atoms with Crippen molar-refractivity contribution in [3.8, 4) is 0 Å². The molecular weight excluding hydrogens is 284 g/mol. The minimum atomic E-state index is -0.670. The molecule has 2 saturated carbocycles. The topological polar surface area (TPSA) is 69.7 Å². The maximum Gasteiger partial charge on any atom is 0.337 e. The maximum atomic E-state index is 11.9. The van der Waals surface area contributed by atoms with Gasteiger partial charge in [0.1, 0.15) is 24.4 Å². The smallest absolute Gasteiger partial charge is 0.337 e. The molecule has 0 radical (unpaired) electrons. The molecule has 122 valence electrons. The fourth-order valence-corrected chi connectivity index (χ4v) is 2.97. The number of hydrogen-bond donors (Lipinski definition) is 0. The maximum absolute atomic E-state index is 11.9. The third-order valence-corrected chi connectivity index (χ3v) is 4.34. The fourth-order valence-electron chi connectivity index (χ4n) is 2.97. The molecule has 0 aliphatic heterocycles. The largest absolute Gasteiger partial charge is 0.460 e. The predicted octanol–water partition coefficient (Wildman–Crippen LogP) is 2.72. The van der Waals surface area contributed by atoms with Crippen molar-refractivity contribution in [2.75, 3.05) is 6.61 Å². The molecule has 0 N–H and O–H groups in total. The summed E-state index contributed by atoms with van der Waals surface area (Å²) in [6, 6.07) is 0. The van der Waals surface area contributed by atoms with Gasteiger partial charge in [0.05, 0.1) is 5.57 Å². The second-order valence-electron chi connectivity index (χ2n) is 6.14. The van der Waals surface area contributed by atoms with Crippen molar-refractivity contribution in [3.05, 3.63) is 12.2 Å². The zero-order valence-electron chi connectivity index (χ0n) is 13.0. The second kappa shape index (κ2) is 8.11. The molecule has 0 spiro atoms. The van der Waals surface area contributed by atoms with Crippen molar-refractivity contribution in [1.29, 1.82) is 0 Å². The lowest BCUT2D eigenvalue weighted by Crippen LogP contribution is -2.30. The van der Waals surface area contributed by atoms with E-state index in [-0.39, 0.29) is 24.1 Å². The molecule has 0 aromatic heterocycles. The number of Topliss-reactive ketones (excluding diaryl/α,β-unsaturated/α-hetero) is 1. The Labute approximate surface area is 131 Å². The standard InChI is InChI=1S/C17H24O5/c1-12(16(19)22-13-7-3-2-4-8-13)11-21-17(20)14-9-5-6-10-15(14)18/h13-14H,1-11H2. The summed E-state index contributed by atoms with van der Waals surface area (Å²) in [6.07, 6.45) is 7.72. The summed E-state index contributed by atoms with van der Waals surface area (Å²) in [7, 11) is 0. The van der Waals surface area contributed by atoms with E-state index in [2.05, 4.69) is 6.58 Å². The monoisotopic (exact) mass is 308 g/mol. The van der Waals surface area contributed by atoms with E-state index in [1.165, 1.54) is 6.42 Å². The molecule has 22 heavy (non-hydrogen) atoms. The Morgan fingerprint density at radius 2 is 1.73 bits per heavy atom. The van der Waals surface area contributed by atoms with Gasteiger partial charge in [0.25, 0.3) is 0 Å². The van der Waals surface area contributed by atoms with E-state index in [1.807, 2.05) is 0 Å². The number of esters is 2. The molecule has 1 atom stereocenters. The van der Waals surface area contributed by atoms with E-state index in [4.69, 9.17) is 9.47 Å². The molecular formula is C17H24O5. The van der Waals surface area contributed by atoms with Crippen molar-refractivity contribution >= 4 is 17.7 Å². The van der Waals surface area contributed by atoms with Gasteiger partial charge in [-0.05, 0) is 38.5 Å². The van der Waals surface area contributed by atoms with Crippen molar-refractivity contribution in [3.63, 3.8) is 0 Å². The van der Waals surface area contributed by atoms with Crippen LogP contribution >= 0.6 is 0 Å². The van der Waals surface area contributed by atoms with Gasteiger partial charge in [-0.1, -0.05) is 19.4 Å². The lowest BCUT2D eigenvalue weighted by Gasteiger charge is -2.22. The van der Waals surface area contributed by atoms with Crippen LogP contribution in [0.2, 0.25) is 0 Å². The van der Waals surface area contributed by atoms with E-state index < -0.39 is 17.9 Å². The highest BCUT2D eigenvalue weighted by atomic mass is 16.6. The van der Waals surface area contributed by atoms with Crippen molar-refractivity contribution < 1.29 is 23.9 Å². The van der Waals surface area contributed by atoms with Crippen LogP contribution in [0.1, 0.15) is 57.8 Å². The van der Waals surface area contributed by atoms with Crippen LogP contribution in [0.25, 0.3) is 0 Å². The first kappa shape index (κ1) is 16.7. The summed E-state index contributed by atoms with van der Waals surface area (Å²) >= 11 is 0. The number of ketones is 1. The molecule has 0 heterocycles. The van der Waals surface area contributed by atoms with E-state index >= 15 is 0 Å². The first-order valence-electron chi connectivity index (χ1n) is 8.16. The van der Waals surface area contributed by atoms with Gasteiger partial charge in [-0.15, -0.1) is 0 Å². The highest BCUT2D eigenvalue weighted by molar-refractivity contribution is 5.99. The van der Waals surface area contributed by atoms with Crippen LogP contribution in [0.5, 0.6) is 0 Å². The molecule has 2 fully saturated rings. The minimum Gasteiger partial charge on any atom is -0.460 e.